The van der Waals surface area contributed by atoms with Gasteiger partial charge in [0.05, 0.1) is 11.7 Å². The summed E-state index contributed by atoms with van der Waals surface area (Å²) in [7, 11) is 0. The molecule has 2 aromatic rings. The predicted octanol–water partition coefficient (Wildman–Crippen LogP) is 2.12. The van der Waals surface area contributed by atoms with E-state index in [1.54, 1.807) is 17.5 Å². The number of pyridine rings is 1. The second-order valence-corrected chi connectivity index (χ2v) is 3.57. The molecule has 0 spiro atoms. The monoisotopic (exact) mass is 208 g/mol. The Balaban J connectivity index is 2.46. The van der Waals surface area contributed by atoms with Crippen molar-refractivity contribution in [3.8, 4) is 0 Å². The van der Waals surface area contributed by atoms with Gasteiger partial charge in [-0.1, -0.05) is 0 Å². The fourth-order valence-electron chi connectivity index (χ4n) is 1.41. The molecule has 3 nitrogen and oxygen atoms in total. The van der Waals surface area contributed by atoms with Gasteiger partial charge in [-0.15, -0.1) is 0 Å². The molecule has 0 saturated heterocycles. The van der Waals surface area contributed by atoms with E-state index in [2.05, 4.69) is 4.98 Å². The van der Waals surface area contributed by atoms with Gasteiger partial charge in [0.1, 0.15) is 5.78 Å². The summed E-state index contributed by atoms with van der Waals surface area (Å²) >= 11 is 5.82. The standard InChI is InChI=1S/C10H9ClN2O/c1-7(14)4-8-2-3-13-9(5-8)6-12-10(13)11/h2-3,5-6H,4H2,1H3. The van der Waals surface area contributed by atoms with Crippen LogP contribution in [-0.2, 0) is 11.2 Å². The number of carbonyl (C=O) groups excluding carboxylic acids is 1. The molecule has 0 aliphatic carbocycles. The summed E-state index contributed by atoms with van der Waals surface area (Å²) in [6.07, 6.45) is 3.97. The minimum atomic E-state index is 0.153. The molecule has 0 amide bonds. The van der Waals surface area contributed by atoms with Crippen molar-refractivity contribution in [3.63, 3.8) is 0 Å². The Morgan fingerprint density at radius 2 is 2.43 bits per heavy atom. The Morgan fingerprint density at radius 3 is 3.14 bits per heavy atom. The first kappa shape index (κ1) is 9.21. The zero-order valence-electron chi connectivity index (χ0n) is 7.70. The van der Waals surface area contributed by atoms with E-state index < -0.39 is 0 Å². The molecule has 0 aromatic carbocycles. The number of ketones is 1. The van der Waals surface area contributed by atoms with Gasteiger partial charge < -0.3 is 0 Å². The summed E-state index contributed by atoms with van der Waals surface area (Å²) in [5.41, 5.74) is 1.90. The van der Waals surface area contributed by atoms with Crippen molar-refractivity contribution in [2.45, 2.75) is 13.3 Å². The van der Waals surface area contributed by atoms with Crippen LogP contribution in [0.3, 0.4) is 0 Å². The van der Waals surface area contributed by atoms with Crippen LogP contribution in [0.2, 0.25) is 5.28 Å². The van der Waals surface area contributed by atoms with Gasteiger partial charge in [0.25, 0.3) is 0 Å². The van der Waals surface area contributed by atoms with E-state index in [9.17, 15) is 4.79 Å². The molecule has 72 valence electrons. The number of halogens is 1. The molecule has 0 aliphatic rings. The quantitative estimate of drug-likeness (QED) is 0.758. The maximum Gasteiger partial charge on any atom is 0.207 e. The minimum absolute atomic E-state index is 0.153. The van der Waals surface area contributed by atoms with Crippen LogP contribution < -0.4 is 0 Å². The van der Waals surface area contributed by atoms with E-state index in [0.29, 0.717) is 11.7 Å². The van der Waals surface area contributed by atoms with Gasteiger partial charge in [0.15, 0.2) is 0 Å². The number of fused-ring (bicyclic) bond motifs is 1. The third kappa shape index (κ3) is 1.63. The largest absolute Gasteiger partial charge is 0.300 e. The number of Topliss-reactive ketones (excluding diaryl/α,β-unsaturated/α-hetero) is 1. The van der Waals surface area contributed by atoms with Gasteiger partial charge in [-0.3, -0.25) is 9.20 Å². The third-order valence-electron chi connectivity index (χ3n) is 2.00. The summed E-state index contributed by atoms with van der Waals surface area (Å²) in [5, 5.41) is 0.439. The highest BCUT2D eigenvalue weighted by molar-refractivity contribution is 6.28. The van der Waals surface area contributed by atoms with Crippen molar-refractivity contribution in [1.82, 2.24) is 9.38 Å². The Hall–Kier alpha value is -1.35. The lowest BCUT2D eigenvalue weighted by molar-refractivity contribution is -0.116. The first-order valence-electron chi connectivity index (χ1n) is 4.28. The van der Waals surface area contributed by atoms with E-state index in [1.807, 2.05) is 18.3 Å². The number of carbonyl (C=O) groups is 1. The predicted molar refractivity (Wildman–Crippen MR) is 54.6 cm³/mol. The second-order valence-electron chi connectivity index (χ2n) is 3.24. The topological polar surface area (TPSA) is 34.4 Å². The highest BCUT2D eigenvalue weighted by atomic mass is 35.5. The molecule has 2 aromatic heterocycles. The van der Waals surface area contributed by atoms with Crippen molar-refractivity contribution in [1.29, 1.82) is 0 Å². The first-order valence-corrected chi connectivity index (χ1v) is 4.65. The molecular weight excluding hydrogens is 200 g/mol. The van der Waals surface area contributed by atoms with Crippen LogP contribution in [0, 0.1) is 0 Å². The van der Waals surface area contributed by atoms with Crippen LogP contribution in [0.1, 0.15) is 12.5 Å². The number of aromatic nitrogens is 2. The van der Waals surface area contributed by atoms with Gasteiger partial charge in [0, 0.05) is 12.6 Å². The highest BCUT2D eigenvalue weighted by Crippen LogP contribution is 2.13. The van der Waals surface area contributed by atoms with Crippen molar-refractivity contribution in [2.75, 3.05) is 0 Å². The Morgan fingerprint density at radius 1 is 1.64 bits per heavy atom. The second kappa shape index (κ2) is 3.42. The van der Waals surface area contributed by atoms with Crippen molar-refractivity contribution < 1.29 is 4.79 Å². The van der Waals surface area contributed by atoms with Gasteiger partial charge in [0.2, 0.25) is 5.28 Å². The average molecular weight is 209 g/mol. The van der Waals surface area contributed by atoms with E-state index in [-0.39, 0.29) is 5.78 Å². The summed E-state index contributed by atoms with van der Waals surface area (Å²) in [5.74, 6) is 0.153. The van der Waals surface area contributed by atoms with E-state index in [4.69, 9.17) is 11.6 Å². The maximum absolute atomic E-state index is 10.9. The van der Waals surface area contributed by atoms with Crippen LogP contribution >= 0.6 is 11.6 Å². The summed E-state index contributed by atoms with van der Waals surface area (Å²) in [6.45, 7) is 1.58. The number of rotatable bonds is 2. The van der Waals surface area contributed by atoms with Gasteiger partial charge >= 0.3 is 0 Å². The fourth-order valence-corrected chi connectivity index (χ4v) is 1.61. The Kier molecular flexibility index (Phi) is 2.25. The Bertz CT molecular complexity index is 490. The molecule has 0 atom stereocenters. The average Bonchev–Trinajstić information content (AvgIpc) is 2.46. The molecular formula is C10H9ClN2O. The van der Waals surface area contributed by atoms with Crippen molar-refractivity contribution in [2.24, 2.45) is 0 Å². The number of nitrogens with zero attached hydrogens (tertiary/aromatic N) is 2. The molecule has 14 heavy (non-hydrogen) atoms. The smallest absolute Gasteiger partial charge is 0.207 e. The lowest BCUT2D eigenvalue weighted by atomic mass is 10.1. The SMILES string of the molecule is CC(=O)Cc1ccn2c(Cl)ncc2c1. The first-order chi connectivity index (χ1) is 6.66. The Labute approximate surface area is 86.3 Å². The summed E-state index contributed by atoms with van der Waals surface area (Å²) in [4.78, 5) is 14.9. The summed E-state index contributed by atoms with van der Waals surface area (Å²) in [6, 6.07) is 3.79. The zero-order valence-corrected chi connectivity index (χ0v) is 8.45. The molecule has 0 fully saturated rings. The highest BCUT2D eigenvalue weighted by Gasteiger charge is 2.02. The number of imidazole rings is 1. The van der Waals surface area contributed by atoms with Crippen LogP contribution in [0.25, 0.3) is 5.52 Å². The van der Waals surface area contributed by atoms with Crippen LogP contribution in [0.15, 0.2) is 24.5 Å². The molecule has 0 radical (unpaired) electrons. The van der Waals surface area contributed by atoms with E-state index in [0.717, 1.165) is 11.1 Å². The summed E-state index contributed by atoms with van der Waals surface area (Å²) < 4.78 is 1.77. The molecule has 0 N–H and O–H groups in total. The molecule has 4 heteroatoms. The molecule has 0 bridgehead atoms. The molecule has 2 heterocycles. The van der Waals surface area contributed by atoms with Crippen LogP contribution in [0.5, 0.6) is 0 Å². The molecule has 2 rings (SSSR count). The molecule has 0 aliphatic heterocycles. The lowest BCUT2D eigenvalue weighted by Gasteiger charge is -1.99. The van der Waals surface area contributed by atoms with Crippen molar-refractivity contribution >= 4 is 22.9 Å². The maximum atomic E-state index is 10.9. The number of hydrogen-bond acceptors (Lipinski definition) is 2. The van der Waals surface area contributed by atoms with Gasteiger partial charge in [-0.25, -0.2) is 4.98 Å². The number of hydrogen-bond donors (Lipinski definition) is 0. The zero-order chi connectivity index (χ0) is 10.1. The molecule has 0 unspecified atom stereocenters. The van der Waals surface area contributed by atoms with Gasteiger partial charge in [-0.05, 0) is 36.2 Å². The van der Waals surface area contributed by atoms with E-state index >= 15 is 0 Å². The third-order valence-corrected chi connectivity index (χ3v) is 2.28. The van der Waals surface area contributed by atoms with Crippen LogP contribution in [-0.4, -0.2) is 15.2 Å². The minimum Gasteiger partial charge on any atom is -0.300 e. The van der Waals surface area contributed by atoms with E-state index in [1.165, 1.54) is 0 Å². The lowest BCUT2D eigenvalue weighted by Crippen LogP contribution is -1.96. The van der Waals surface area contributed by atoms with Crippen LogP contribution in [0.4, 0.5) is 0 Å². The van der Waals surface area contributed by atoms with Gasteiger partial charge in [-0.2, -0.15) is 0 Å². The normalized spacial score (nSPS) is 10.7. The fraction of sp³-hybridized carbons (Fsp3) is 0.200. The molecule has 0 saturated carbocycles. The van der Waals surface area contributed by atoms with Crippen molar-refractivity contribution in [3.05, 3.63) is 35.4 Å².